The molecule has 1 N–H and O–H groups in total. The van der Waals surface area contributed by atoms with Gasteiger partial charge in [-0.15, -0.1) is 0 Å². The van der Waals surface area contributed by atoms with E-state index >= 15 is 14.4 Å². The largest absolute Gasteiger partial charge is 0.508 e. The monoisotopic (exact) mass is 898 g/mol. The molecular formula is C53H50N6O8. The summed E-state index contributed by atoms with van der Waals surface area (Å²) < 4.78 is 17.6. The van der Waals surface area contributed by atoms with E-state index in [4.69, 9.17) is 14.2 Å². The van der Waals surface area contributed by atoms with Gasteiger partial charge in [0.25, 0.3) is 0 Å². The predicted octanol–water partition coefficient (Wildman–Crippen LogP) is 6.83. The van der Waals surface area contributed by atoms with Crippen molar-refractivity contribution < 1.29 is 38.5 Å². The molecule has 0 unspecified atom stereocenters. The number of hydrogen-bond acceptors (Lipinski definition) is 12. The van der Waals surface area contributed by atoms with Crippen molar-refractivity contribution in [3.8, 4) is 17.6 Å². The minimum atomic E-state index is -1.98. The zero-order valence-corrected chi connectivity index (χ0v) is 37.1. The second-order valence-corrected chi connectivity index (χ2v) is 17.4. The number of amides is 3. The maximum Gasteiger partial charge on any atom is 0.421 e. The van der Waals surface area contributed by atoms with Gasteiger partial charge < -0.3 is 29.1 Å². The van der Waals surface area contributed by atoms with E-state index in [1.807, 2.05) is 70.5 Å². The molecule has 4 aliphatic heterocycles. The molecule has 0 radical (unpaired) electrons. The quantitative estimate of drug-likeness (QED) is 0.0987. The lowest BCUT2D eigenvalue weighted by atomic mass is 9.65. The van der Waals surface area contributed by atoms with E-state index in [1.54, 1.807) is 53.7 Å². The molecule has 0 saturated carbocycles. The third-order valence-corrected chi connectivity index (χ3v) is 13.7. The number of carbonyl (C=O) groups is 4. The molecule has 1 spiro atoms. The molecule has 14 nitrogen and oxygen atoms in total. The van der Waals surface area contributed by atoms with Crippen molar-refractivity contribution in [3.05, 3.63) is 161 Å². The lowest BCUT2D eigenvalue weighted by Crippen LogP contribution is -2.59. The number of fused-ring (bicyclic) bond motifs is 3. The maximum absolute atomic E-state index is 16.4. The molecule has 1 aromatic heterocycles. The number of rotatable bonds is 8. The smallest absolute Gasteiger partial charge is 0.421 e. The first-order valence-electron chi connectivity index (χ1n) is 22.8. The van der Waals surface area contributed by atoms with E-state index < -0.39 is 59.4 Å². The molecule has 14 heteroatoms. The van der Waals surface area contributed by atoms with Gasteiger partial charge >= 0.3 is 12.1 Å². The molecule has 340 valence electrons. The van der Waals surface area contributed by atoms with E-state index in [0.717, 1.165) is 41.7 Å². The summed E-state index contributed by atoms with van der Waals surface area (Å²) in [4.78, 5) is 78.1. The minimum Gasteiger partial charge on any atom is -0.508 e. The highest BCUT2D eigenvalue weighted by Gasteiger charge is 2.76. The SMILES string of the molecule is COCCOC(=O)N1C(=O)[C@@]2(c3cc(C#CC4=CCCCC4)ccc31)[C@H](c1ccc(O)cc1)N1[C@H](c3ccccc3)[C@H](c3ccccc3)OC(=O)[C@H]1[C@@H]2C(=O)N1CCN(c2ncccn2)CC1. The Bertz CT molecular complexity index is 2750. The Kier molecular flexibility index (Phi) is 12.0. The molecule has 3 amide bonds. The van der Waals surface area contributed by atoms with Gasteiger partial charge in [-0.25, -0.2) is 19.7 Å². The summed E-state index contributed by atoms with van der Waals surface area (Å²) in [6.07, 6.45) is 7.58. The van der Waals surface area contributed by atoms with Crippen LogP contribution in [0.25, 0.3) is 0 Å². The van der Waals surface area contributed by atoms with E-state index in [1.165, 1.54) is 19.2 Å². The van der Waals surface area contributed by atoms with Crippen LogP contribution >= 0.6 is 0 Å². The number of anilines is 2. The molecule has 3 saturated heterocycles. The molecule has 5 aromatic rings. The number of imide groups is 1. The van der Waals surface area contributed by atoms with Crippen LogP contribution in [0.2, 0.25) is 0 Å². The Morgan fingerprint density at radius 2 is 1.52 bits per heavy atom. The highest BCUT2D eigenvalue weighted by Crippen LogP contribution is 2.66. The number of esters is 1. The Hall–Kier alpha value is -7.34. The molecule has 10 rings (SSSR count). The predicted molar refractivity (Wildman–Crippen MR) is 248 cm³/mol. The van der Waals surface area contributed by atoms with Crippen LogP contribution in [0.5, 0.6) is 5.75 Å². The van der Waals surface area contributed by atoms with Crippen molar-refractivity contribution in [2.24, 2.45) is 5.92 Å². The average molecular weight is 899 g/mol. The molecule has 5 aliphatic rings. The Labute approximate surface area is 388 Å². The topological polar surface area (TPSA) is 155 Å². The highest BCUT2D eigenvalue weighted by molar-refractivity contribution is 6.23. The lowest BCUT2D eigenvalue weighted by molar-refractivity contribution is -0.179. The van der Waals surface area contributed by atoms with Gasteiger partial charge in [-0.1, -0.05) is 90.7 Å². The Morgan fingerprint density at radius 1 is 0.806 bits per heavy atom. The maximum atomic E-state index is 16.4. The standard InChI is InChI=1S/C53H50N6O8/c1-65-32-33-66-52(64)58-42-25-20-36(19-18-35-12-5-2-6-13-35)34-41(42)53(50(58)63)43(48(61)56-28-30-57(31-29-56)51-54-26-11-27-55-51)45-49(62)67-46(38-16-9-4-10-17-38)44(37-14-7-3-8-15-37)59(45)47(53)39-21-23-40(60)24-22-39/h3-4,7-12,14-17,20-27,34,43-47,60H,2,5-6,13,28-33H2,1H3/t43-,44-,45-,46+,47+,53-/m1/s1. The number of methoxy groups -OCH3 is 1. The van der Waals surface area contributed by atoms with E-state index in [2.05, 4.69) is 27.9 Å². The van der Waals surface area contributed by atoms with Gasteiger partial charge in [0.1, 0.15) is 29.9 Å². The van der Waals surface area contributed by atoms with Gasteiger partial charge in [0.15, 0.2) is 0 Å². The Morgan fingerprint density at radius 3 is 2.21 bits per heavy atom. The summed E-state index contributed by atoms with van der Waals surface area (Å²) in [5.41, 5.74) is 2.20. The van der Waals surface area contributed by atoms with Crippen LogP contribution in [0.4, 0.5) is 16.4 Å². The van der Waals surface area contributed by atoms with Crippen molar-refractivity contribution in [3.63, 3.8) is 0 Å². The third-order valence-electron chi connectivity index (χ3n) is 13.7. The van der Waals surface area contributed by atoms with Gasteiger partial charge in [-0.2, -0.15) is 0 Å². The van der Waals surface area contributed by atoms with Crippen molar-refractivity contribution in [1.82, 2.24) is 19.8 Å². The summed E-state index contributed by atoms with van der Waals surface area (Å²) in [5.74, 6) is 3.88. The summed E-state index contributed by atoms with van der Waals surface area (Å²) >= 11 is 0. The number of aromatic hydroxyl groups is 1. The van der Waals surface area contributed by atoms with Gasteiger partial charge in [-0.3, -0.25) is 19.3 Å². The second-order valence-electron chi connectivity index (χ2n) is 17.4. The summed E-state index contributed by atoms with van der Waals surface area (Å²) in [7, 11) is 1.48. The molecular weight excluding hydrogens is 849 g/mol. The number of allylic oxidation sites excluding steroid dienone is 2. The van der Waals surface area contributed by atoms with Crippen molar-refractivity contribution in [2.45, 2.75) is 55.3 Å². The summed E-state index contributed by atoms with van der Waals surface area (Å²) in [6, 6.07) is 29.3. The molecule has 3 fully saturated rings. The number of nitrogens with zero attached hydrogens (tertiary/aromatic N) is 6. The first-order chi connectivity index (χ1) is 32.8. The number of hydrogen-bond donors (Lipinski definition) is 1. The molecule has 1 aliphatic carbocycles. The fraction of sp³-hybridized carbons (Fsp3) is 0.321. The molecule has 5 heterocycles. The first-order valence-corrected chi connectivity index (χ1v) is 22.8. The van der Waals surface area contributed by atoms with E-state index in [9.17, 15) is 9.90 Å². The number of phenolic OH excluding ortho intramolecular Hbond substituents is 1. The van der Waals surface area contributed by atoms with Crippen LogP contribution in [-0.2, 0) is 34.0 Å². The summed E-state index contributed by atoms with van der Waals surface area (Å²) in [6.45, 7) is 1.17. The highest BCUT2D eigenvalue weighted by atomic mass is 16.6. The van der Waals surface area contributed by atoms with Crippen LogP contribution in [0, 0.1) is 17.8 Å². The number of carbonyl (C=O) groups excluding carboxylic acids is 4. The number of piperazine rings is 1. The number of phenols is 1. The lowest BCUT2D eigenvalue weighted by Gasteiger charge is -2.46. The van der Waals surface area contributed by atoms with E-state index in [-0.39, 0.29) is 37.7 Å². The van der Waals surface area contributed by atoms with Gasteiger partial charge in [0, 0.05) is 51.2 Å². The van der Waals surface area contributed by atoms with Gasteiger partial charge in [0.05, 0.1) is 30.3 Å². The van der Waals surface area contributed by atoms with Gasteiger partial charge in [-0.05, 0) is 89.9 Å². The van der Waals surface area contributed by atoms with Crippen LogP contribution in [-0.4, -0.2) is 101 Å². The molecule has 67 heavy (non-hydrogen) atoms. The number of aromatic nitrogens is 2. The molecule has 0 bridgehead atoms. The van der Waals surface area contributed by atoms with Crippen molar-refractivity contribution >= 4 is 35.5 Å². The number of morpholine rings is 1. The average Bonchev–Trinajstić information content (AvgIpc) is 3.83. The fourth-order valence-corrected chi connectivity index (χ4v) is 10.8. The number of ether oxygens (including phenoxy) is 3. The van der Waals surface area contributed by atoms with Crippen molar-refractivity contribution in [1.29, 1.82) is 0 Å². The minimum absolute atomic E-state index is 0.0175. The van der Waals surface area contributed by atoms with Crippen LogP contribution in [0.3, 0.4) is 0 Å². The zero-order valence-electron chi connectivity index (χ0n) is 37.1. The zero-order chi connectivity index (χ0) is 46.1. The molecule has 6 atom stereocenters. The van der Waals surface area contributed by atoms with Crippen LogP contribution in [0.15, 0.2) is 133 Å². The van der Waals surface area contributed by atoms with Crippen LogP contribution < -0.4 is 9.80 Å². The van der Waals surface area contributed by atoms with E-state index in [0.29, 0.717) is 41.3 Å². The normalized spacial score (nSPS) is 24.6. The number of cyclic esters (lactones) is 1. The number of benzene rings is 4. The van der Waals surface area contributed by atoms with Crippen LogP contribution in [0.1, 0.15) is 71.7 Å². The third kappa shape index (κ3) is 7.77. The summed E-state index contributed by atoms with van der Waals surface area (Å²) in [5, 5.41) is 10.8. The first kappa shape index (κ1) is 43.5. The Balaban J connectivity index is 1.23. The fourth-order valence-electron chi connectivity index (χ4n) is 10.8. The molecule has 4 aromatic carbocycles. The second kappa shape index (κ2) is 18.5. The van der Waals surface area contributed by atoms with Crippen molar-refractivity contribution in [2.75, 3.05) is 56.3 Å². The van der Waals surface area contributed by atoms with Gasteiger partial charge in [0.2, 0.25) is 17.8 Å².